The minimum Gasteiger partial charge on any atom is -0.311 e. The zero-order valence-electron chi connectivity index (χ0n) is 9.56. The Hall–Kier alpha value is -1.17. The first-order valence-corrected chi connectivity index (χ1v) is 5.64. The van der Waals surface area contributed by atoms with Crippen LogP contribution in [0.1, 0.15) is 29.7 Å². The lowest BCUT2D eigenvalue weighted by atomic mass is 10.0. The van der Waals surface area contributed by atoms with E-state index < -0.39 is 12.6 Å². The molecule has 3 nitrogen and oxygen atoms in total. The van der Waals surface area contributed by atoms with E-state index in [0.29, 0.717) is 13.0 Å². The molecule has 0 aliphatic carbocycles. The predicted molar refractivity (Wildman–Crippen MR) is 56.6 cm³/mol. The summed E-state index contributed by atoms with van der Waals surface area (Å²) in [5, 5.41) is 3.11. The molecule has 6 heteroatoms. The number of halogens is 3. The summed E-state index contributed by atoms with van der Waals surface area (Å²) in [4.78, 5) is 8.04. The molecule has 1 aliphatic heterocycles. The van der Waals surface area contributed by atoms with Crippen molar-refractivity contribution in [3.63, 3.8) is 0 Å². The highest BCUT2D eigenvalue weighted by atomic mass is 19.4. The van der Waals surface area contributed by atoms with E-state index in [4.69, 9.17) is 0 Å². The number of alkyl halides is 3. The largest absolute Gasteiger partial charge is 0.396 e. The Labute approximate surface area is 97.5 Å². The predicted octanol–water partition coefficient (Wildman–Crippen LogP) is 1.79. The van der Waals surface area contributed by atoms with Gasteiger partial charge in [-0.3, -0.25) is 0 Å². The van der Waals surface area contributed by atoms with E-state index in [-0.39, 0.29) is 5.82 Å². The van der Waals surface area contributed by atoms with Crippen LogP contribution in [0, 0.1) is 0 Å². The topological polar surface area (TPSA) is 37.8 Å². The molecule has 1 aromatic rings. The Balaban J connectivity index is 2.36. The van der Waals surface area contributed by atoms with Crippen LogP contribution in [-0.4, -0.2) is 22.7 Å². The Bertz CT molecular complexity index is 398. The maximum Gasteiger partial charge on any atom is 0.396 e. The van der Waals surface area contributed by atoms with Crippen molar-refractivity contribution in [3.8, 4) is 0 Å². The highest BCUT2D eigenvalue weighted by Crippen LogP contribution is 2.22. The van der Waals surface area contributed by atoms with Crippen LogP contribution in [0.5, 0.6) is 0 Å². The molecule has 1 aliphatic rings. The zero-order valence-corrected chi connectivity index (χ0v) is 9.56. The van der Waals surface area contributed by atoms with Crippen LogP contribution in [0.3, 0.4) is 0 Å². The van der Waals surface area contributed by atoms with Crippen molar-refractivity contribution in [2.45, 2.75) is 38.9 Å². The lowest BCUT2D eigenvalue weighted by molar-refractivity contribution is -0.128. The van der Waals surface area contributed by atoms with E-state index >= 15 is 0 Å². The molecule has 0 aromatic carbocycles. The van der Waals surface area contributed by atoms with E-state index in [1.165, 1.54) is 0 Å². The smallest absolute Gasteiger partial charge is 0.311 e. The third-order valence-electron chi connectivity index (χ3n) is 2.76. The lowest BCUT2D eigenvalue weighted by Gasteiger charge is -2.19. The third-order valence-corrected chi connectivity index (χ3v) is 2.76. The van der Waals surface area contributed by atoms with Crippen molar-refractivity contribution in [1.29, 1.82) is 0 Å². The van der Waals surface area contributed by atoms with Gasteiger partial charge in [-0.05, 0) is 24.9 Å². The van der Waals surface area contributed by atoms with Crippen molar-refractivity contribution in [3.05, 3.63) is 22.8 Å². The average Bonchev–Trinajstić information content (AvgIpc) is 2.25. The van der Waals surface area contributed by atoms with Crippen LogP contribution in [0.4, 0.5) is 13.2 Å². The SMILES string of the molecule is CCc1nc(CC(F)(F)F)nc2c1CCNC2. The van der Waals surface area contributed by atoms with E-state index in [2.05, 4.69) is 15.3 Å². The number of hydrogen-bond donors (Lipinski definition) is 1. The summed E-state index contributed by atoms with van der Waals surface area (Å²) in [5.74, 6) is -0.114. The number of nitrogens with one attached hydrogen (secondary N) is 1. The number of rotatable bonds is 2. The number of aromatic nitrogens is 2. The molecule has 0 fully saturated rings. The van der Waals surface area contributed by atoms with Gasteiger partial charge in [-0.1, -0.05) is 6.92 Å². The first-order chi connectivity index (χ1) is 7.99. The molecule has 0 radical (unpaired) electrons. The molecule has 0 unspecified atom stereocenters. The first-order valence-electron chi connectivity index (χ1n) is 5.64. The van der Waals surface area contributed by atoms with Crippen molar-refractivity contribution in [1.82, 2.24) is 15.3 Å². The number of nitrogens with zero attached hydrogens (tertiary/aromatic N) is 2. The molecule has 1 N–H and O–H groups in total. The van der Waals surface area contributed by atoms with Gasteiger partial charge in [0.2, 0.25) is 0 Å². The zero-order chi connectivity index (χ0) is 12.5. The molecule has 0 bridgehead atoms. The van der Waals surface area contributed by atoms with Crippen molar-refractivity contribution < 1.29 is 13.2 Å². The molecule has 0 amide bonds. The Morgan fingerprint density at radius 1 is 1.29 bits per heavy atom. The minimum absolute atomic E-state index is 0.114. The van der Waals surface area contributed by atoms with Crippen LogP contribution in [-0.2, 0) is 25.8 Å². The molecule has 17 heavy (non-hydrogen) atoms. The maximum absolute atomic E-state index is 12.3. The molecule has 0 atom stereocenters. The van der Waals surface area contributed by atoms with Crippen LogP contribution in [0.2, 0.25) is 0 Å². The molecule has 2 heterocycles. The quantitative estimate of drug-likeness (QED) is 0.863. The summed E-state index contributed by atoms with van der Waals surface area (Å²) in [7, 11) is 0. The van der Waals surface area contributed by atoms with Crippen molar-refractivity contribution in [2.75, 3.05) is 6.54 Å². The summed E-state index contributed by atoms with van der Waals surface area (Å²) < 4.78 is 36.9. The number of aryl methyl sites for hydroxylation is 1. The van der Waals surface area contributed by atoms with Crippen LogP contribution in [0.25, 0.3) is 0 Å². The summed E-state index contributed by atoms with van der Waals surface area (Å²) in [6, 6.07) is 0. The fraction of sp³-hybridized carbons (Fsp3) is 0.636. The highest BCUT2D eigenvalue weighted by Gasteiger charge is 2.30. The van der Waals surface area contributed by atoms with E-state index in [9.17, 15) is 13.2 Å². The average molecular weight is 245 g/mol. The molecular weight excluding hydrogens is 231 g/mol. The number of hydrogen-bond acceptors (Lipinski definition) is 3. The van der Waals surface area contributed by atoms with Gasteiger partial charge in [0.05, 0.1) is 5.69 Å². The summed E-state index contributed by atoms with van der Waals surface area (Å²) in [6.45, 7) is 3.28. The van der Waals surface area contributed by atoms with Gasteiger partial charge in [0.25, 0.3) is 0 Å². The monoisotopic (exact) mass is 245 g/mol. The second-order valence-electron chi connectivity index (χ2n) is 4.08. The Morgan fingerprint density at radius 2 is 2.06 bits per heavy atom. The van der Waals surface area contributed by atoms with Gasteiger partial charge in [-0.25, -0.2) is 9.97 Å². The van der Waals surface area contributed by atoms with Gasteiger partial charge >= 0.3 is 6.18 Å². The summed E-state index contributed by atoms with van der Waals surface area (Å²) >= 11 is 0. The summed E-state index contributed by atoms with van der Waals surface area (Å²) in [5.41, 5.74) is 2.51. The fourth-order valence-electron chi connectivity index (χ4n) is 2.04. The molecule has 2 rings (SSSR count). The summed E-state index contributed by atoms with van der Waals surface area (Å²) in [6.07, 6.45) is -3.85. The second-order valence-corrected chi connectivity index (χ2v) is 4.08. The lowest BCUT2D eigenvalue weighted by Crippen LogP contribution is -2.28. The molecular formula is C11H14F3N3. The second kappa shape index (κ2) is 4.60. The highest BCUT2D eigenvalue weighted by molar-refractivity contribution is 5.28. The van der Waals surface area contributed by atoms with Gasteiger partial charge in [0, 0.05) is 12.2 Å². The molecule has 0 saturated carbocycles. The molecule has 94 valence electrons. The fourth-order valence-corrected chi connectivity index (χ4v) is 2.04. The van der Waals surface area contributed by atoms with Crippen LogP contribution < -0.4 is 5.32 Å². The molecule has 0 spiro atoms. The van der Waals surface area contributed by atoms with E-state index in [0.717, 1.165) is 29.9 Å². The van der Waals surface area contributed by atoms with Crippen LogP contribution in [0.15, 0.2) is 0 Å². The van der Waals surface area contributed by atoms with Crippen molar-refractivity contribution in [2.24, 2.45) is 0 Å². The molecule has 0 saturated heterocycles. The Kier molecular flexibility index (Phi) is 3.33. The Morgan fingerprint density at radius 3 is 2.71 bits per heavy atom. The minimum atomic E-state index is -4.25. The van der Waals surface area contributed by atoms with E-state index in [1.807, 2.05) is 6.92 Å². The third kappa shape index (κ3) is 2.94. The normalized spacial score (nSPS) is 15.8. The van der Waals surface area contributed by atoms with Crippen molar-refractivity contribution >= 4 is 0 Å². The first kappa shape index (κ1) is 12.3. The van der Waals surface area contributed by atoms with Gasteiger partial charge in [0.15, 0.2) is 0 Å². The van der Waals surface area contributed by atoms with Gasteiger partial charge in [-0.2, -0.15) is 13.2 Å². The standard InChI is InChI=1S/C11H14F3N3/c1-2-8-7-3-4-15-6-9(7)17-10(16-8)5-11(12,13)14/h15H,2-6H2,1H3. The van der Waals surface area contributed by atoms with Gasteiger partial charge in [0.1, 0.15) is 12.2 Å². The number of fused-ring (bicyclic) bond motifs is 1. The van der Waals surface area contributed by atoms with Gasteiger partial charge in [-0.15, -0.1) is 0 Å². The maximum atomic E-state index is 12.3. The van der Waals surface area contributed by atoms with E-state index in [1.54, 1.807) is 0 Å². The van der Waals surface area contributed by atoms with Gasteiger partial charge < -0.3 is 5.32 Å². The van der Waals surface area contributed by atoms with Crippen LogP contribution >= 0.6 is 0 Å². The molecule has 1 aromatic heterocycles.